The van der Waals surface area contributed by atoms with Crippen LogP contribution in [0.25, 0.3) is 33.8 Å². The summed E-state index contributed by atoms with van der Waals surface area (Å²) in [6, 6.07) is 18.5. The lowest BCUT2D eigenvalue weighted by molar-refractivity contribution is 1.08. The van der Waals surface area contributed by atoms with Crippen LogP contribution in [-0.2, 0) is 0 Å². The largest absolute Gasteiger partial charge is 0.276 e. The van der Waals surface area contributed by atoms with E-state index in [1.54, 1.807) is 11.8 Å². The van der Waals surface area contributed by atoms with Gasteiger partial charge in [-0.2, -0.15) is 5.10 Å². The predicted molar refractivity (Wildman–Crippen MR) is 107 cm³/mol. The number of aryl methyl sites for hydroxylation is 1. The molecule has 0 spiro atoms. The van der Waals surface area contributed by atoms with Crippen LogP contribution in [-0.4, -0.2) is 26.4 Å². The van der Waals surface area contributed by atoms with Crippen LogP contribution < -0.4 is 0 Å². The first-order chi connectivity index (χ1) is 12.7. The smallest absolute Gasteiger partial charge is 0.0912 e. The highest BCUT2D eigenvalue weighted by Gasteiger charge is 2.12. The summed E-state index contributed by atoms with van der Waals surface area (Å²) in [5.41, 5.74) is 6.92. The molecular weight excluding hydrogens is 340 g/mol. The summed E-state index contributed by atoms with van der Waals surface area (Å²) in [5.74, 6) is 0. The Bertz CT molecular complexity index is 1040. The maximum absolute atomic E-state index is 4.61. The van der Waals surface area contributed by atoms with E-state index in [4.69, 9.17) is 0 Å². The standard InChI is InChI=1S/C21H18N4S/c1-14-4-3-5-19(24-14)21-18(13-23-25-21)16-10-11-22-20(12-16)15-6-8-17(26-2)9-7-15/h3-13H,1-2H3,(H,23,25). The lowest BCUT2D eigenvalue weighted by atomic mass is 10.0. The lowest BCUT2D eigenvalue weighted by Crippen LogP contribution is -1.90. The van der Waals surface area contributed by atoms with Crippen LogP contribution in [0, 0.1) is 6.92 Å². The number of hydrogen-bond donors (Lipinski definition) is 1. The molecule has 5 heteroatoms. The molecule has 26 heavy (non-hydrogen) atoms. The van der Waals surface area contributed by atoms with Crippen LogP contribution in [0.4, 0.5) is 0 Å². The van der Waals surface area contributed by atoms with E-state index < -0.39 is 0 Å². The summed E-state index contributed by atoms with van der Waals surface area (Å²) in [7, 11) is 0. The summed E-state index contributed by atoms with van der Waals surface area (Å²) >= 11 is 1.73. The second-order valence-electron chi connectivity index (χ2n) is 5.98. The van der Waals surface area contributed by atoms with Gasteiger partial charge in [0.2, 0.25) is 0 Å². The number of benzene rings is 1. The Labute approximate surface area is 156 Å². The minimum Gasteiger partial charge on any atom is -0.276 e. The van der Waals surface area contributed by atoms with E-state index in [9.17, 15) is 0 Å². The Morgan fingerprint density at radius 1 is 0.923 bits per heavy atom. The van der Waals surface area contributed by atoms with Gasteiger partial charge in [0.1, 0.15) is 0 Å². The predicted octanol–water partition coefficient (Wildman–Crippen LogP) is 5.23. The third-order valence-electron chi connectivity index (χ3n) is 4.24. The molecule has 0 fully saturated rings. The van der Waals surface area contributed by atoms with Crippen molar-refractivity contribution in [3.63, 3.8) is 0 Å². The van der Waals surface area contributed by atoms with Crippen molar-refractivity contribution in [3.05, 3.63) is 72.7 Å². The molecular formula is C21H18N4S. The zero-order valence-electron chi connectivity index (χ0n) is 14.6. The number of H-pyrrole nitrogens is 1. The number of thioether (sulfide) groups is 1. The van der Waals surface area contributed by atoms with Gasteiger partial charge in [0.05, 0.1) is 23.3 Å². The van der Waals surface area contributed by atoms with E-state index in [0.29, 0.717) is 0 Å². The molecule has 128 valence electrons. The van der Waals surface area contributed by atoms with Gasteiger partial charge >= 0.3 is 0 Å². The first-order valence-corrected chi connectivity index (χ1v) is 9.55. The molecule has 0 aliphatic carbocycles. The molecule has 1 aromatic carbocycles. The molecule has 3 aromatic heterocycles. The monoisotopic (exact) mass is 358 g/mol. The van der Waals surface area contributed by atoms with Gasteiger partial charge in [-0.3, -0.25) is 15.1 Å². The topological polar surface area (TPSA) is 54.5 Å². The summed E-state index contributed by atoms with van der Waals surface area (Å²) in [5, 5.41) is 7.33. The molecule has 0 saturated heterocycles. The van der Waals surface area contributed by atoms with Gasteiger partial charge in [-0.05, 0) is 55.1 Å². The molecule has 0 aliphatic rings. The quantitative estimate of drug-likeness (QED) is 0.508. The maximum Gasteiger partial charge on any atom is 0.0912 e. The van der Waals surface area contributed by atoms with E-state index in [1.165, 1.54) is 4.90 Å². The van der Waals surface area contributed by atoms with Gasteiger partial charge in [0.15, 0.2) is 0 Å². The van der Waals surface area contributed by atoms with Crippen molar-refractivity contribution in [2.45, 2.75) is 11.8 Å². The minimum absolute atomic E-state index is 0.889. The fourth-order valence-corrected chi connectivity index (χ4v) is 3.31. The molecule has 1 N–H and O–H groups in total. The number of hydrogen-bond acceptors (Lipinski definition) is 4. The highest BCUT2D eigenvalue weighted by atomic mass is 32.2. The summed E-state index contributed by atoms with van der Waals surface area (Å²) in [6.07, 6.45) is 5.76. The van der Waals surface area contributed by atoms with Gasteiger partial charge in [-0.15, -0.1) is 11.8 Å². The molecule has 0 unspecified atom stereocenters. The number of aromatic amines is 1. The van der Waals surface area contributed by atoms with Crippen LogP contribution in [0.15, 0.2) is 71.9 Å². The zero-order valence-corrected chi connectivity index (χ0v) is 15.4. The van der Waals surface area contributed by atoms with Gasteiger partial charge in [-0.1, -0.05) is 18.2 Å². The van der Waals surface area contributed by atoms with Crippen molar-refractivity contribution in [1.29, 1.82) is 0 Å². The molecule has 0 amide bonds. The van der Waals surface area contributed by atoms with Gasteiger partial charge in [0.25, 0.3) is 0 Å². The van der Waals surface area contributed by atoms with Crippen LogP contribution in [0.1, 0.15) is 5.69 Å². The molecule has 4 nitrogen and oxygen atoms in total. The summed E-state index contributed by atoms with van der Waals surface area (Å²) in [6.45, 7) is 1.99. The first kappa shape index (κ1) is 16.5. The Morgan fingerprint density at radius 3 is 2.54 bits per heavy atom. The average molecular weight is 358 g/mol. The first-order valence-electron chi connectivity index (χ1n) is 8.33. The van der Waals surface area contributed by atoms with Crippen LogP contribution >= 0.6 is 11.8 Å². The molecule has 0 aliphatic heterocycles. The van der Waals surface area contributed by atoms with Crippen molar-refractivity contribution >= 4 is 11.8 Å². The molecule has 4 aromatic rings. The van der Waals surface area contributed by atoms with Gasteiger partial charge < -0.3 is 0 Å². The minimum atomic E-state index is 0.889. The zero-order chi connectivity index (χ0) is 17.9. The van der Waals surface area contributed by atoms with Crippen LogP contribution in [0.5, 0.6) is 0 Å². The Hall–Kier alpha value is -2.92. The number of rotatable bonds is 4. The summed E-state index contributed by atoms with van der Waals surface area (Å²) in [4.78, 5) is 10.4. The Morgan fingerprint density at radius 2 is 1.77 bits per heavy atom. The van der Waals surface area contributed by atoms with E-state index in [1.807, 2.05) is 43.6 Å². The van der Waals surface area contributed by atoms with E-state index >= 15 is 0 Å². The second kappa shape index (κ2) is 7.14. The molecule has 0 atom stereocenters. The molecule has 3 heterocycles. The van der Waals surface area contributed by atoms with E-state index in [-0.39, 0.29) is 0 Å². The summed E-state index contributed by atoms with van der Waals surface area (Å²) < 4.78 is 0. The van der Waals surface area contributed by atoms with Gasteiger partial charge in [-0.25, -0.2) is 0 Å². The number of pyridine rings is 2. The fourth-order valence-electron chi connectivity index (χ4n) is 2.90. The molecule has 0 radical (unpaired) electrons. The fraction of sp³-hybridized carbons (Fsp3) is 0.0952. The number of nitrogens with one attached hydrogen (secondary N) is 1. The van der Waals surface area contributed by atoms with E-state index in [0.717, 1.165) is 39.5 Å². The average Bonchev–Trinajstić information content (AvgIpc) is 3.18. The van der Waals surface area contributed by atoms with Crippen molar-refractivity contribution in [1.82, 2.24) is 20.2 Å². The van der Waals surface area contributed by atoms with E-state index in [2.05, 4.69) is 56.8 Å². The van der Waals surface area contributed by atoms with Crippen molar-refractivity contribution in [2.24, 2.45) is 0 Å². The maximum atomic E-state index is 4.61. The molecule has 0 saturated carbocycles. The van der Waals surface area contributed by atoms with Crippen molar-refractivity contribution < 1.29 is 0 Å². The highest BCUT2D eigenvalue weighted by molar-refractivity contribution is 7.98. The van der Waals surface area contributed by atoms with Crippen LogP contribution in [0.3, 0.4) is 0 Å². The highest BCUT2D eigenvalue weighted by Crippen LogP contribution is 2.31. The molecule has 0 bridgehead atoms. The van der Waals surface area contributed by atoms with Crippen molar-refractivity contribution in [2.75, 3.05) is 6.26 Å². The number of nitrogens with zero attached hydrogens (tertiary/aromatic N) is 3. The Balaban J connectivity index is 1.75. The van der Waals surface area contributed by atoms with Gasteiger partial charge in [0, 0.05) is 27.9 Å². The number of aromatic nitrogens is 4. The third-order valence-corrected chi connectivity index (χ3v) is 4.98. The SMILES string of the molecule is CSc1ccc(-c2cc(-c3cn[nH]c3-c3cccc(C)n3)ccn2)cc1. The third kappa shape index (κ3) is 3.26. The normalized spacial score (nSPS) is 10.8. The molecule has 4 rings (SSSR count). The second-order valence-corrected chi connectivity index (χ2v) is 6.86. The van der Waals surface area contributed by atoms with Crippen molar-refractivity contribution in [3.8, 4) is 33.8 Å². The van der Waals surface area contributed by atoms with Crippen LogP contribution in [0.2, 0.25) is 0 Å². The Kier molecular flexibility index (Phi) is 4.54. The lowest BCUT2D eigenvalue weighted by Gasteiger charge is -2.07.